The Balaban J connectivity index is 1.84. The molecule has 1 aliphatic heterocycles. The minimum Gasteiger partial charge on any atom is -0.497 e. The van der Waals surface area contributed by atoms with E-state index in [0.29, 0.717) is 45.0 Å². The normalized spacial score (nSPS) is 14.4. The van der Waals surface area contributed by atoms with E-state index < -0.39 is 11.6 Å². The zero-order valence-electron chi connectivity index (χ0n) is 16.5. The molecule has 1 atom stereocenters. The Morgan fingerprint density at radius 2 is 1.90 bits per heavy atom. The molecule has 4 aromatic rings. The van der Waals surface area contributed by atoms with Crippen molar-refractivity contribution in [1.82, 2.24) is 30.4 Å². The van der Waals surface area contributed by atoms with Crippen LogP contribution < -0.4 is 20.3 Å². The molecule has 5 rings (SSSR count). The standard InChI is InChI=1S/C20H16ClN7O3/c1-30-12-7-8-14(31-2)13(9-12)18-15-16(10-3-5-11(21)6-4-10)23-24-19(29)17(15)22-20-25-26-27-28(18)20/h3-9,18H,1-2H3,(H,24,29)(H,22,25,27)/t18-/m1/s1. The van der Waals surface area contributed by atoms with Crippen LogP contribution in [0, 0.1) is 0 Å². The van der Waals surface area contributed by atoms with Crippen LogP contribution in [0.2, 0.25) is 5.02 Å². The van der Waals surface area contributed by atoms with Crippen LogP contribution in [-0.4, -0.2) is 44.6 Å². The van der Waals surface area contributed by atoms with Crippen LogP contribution >= 0.6 is 11.6 Å². The number of hydrogen-bond acceptors (Lipinski definition) is 8. The maximum atomic E-state index is 12.8. The molecule has 10 nitrogen and oxygen atoms in total. The Hall–Kier alpha value is -3.92. The number of aromatic nitrogens is 6. The highest BCUT2D eigenvalue weighted by Gasteiger charge is 2.36. The Labute approximate surface area is 180 Å². The minimum absolute atomic E-state index is 0.303. The van der Waals surface area contributed by atoms with Gasteiger partial charge in [-0.1, -0.05) is 28.8 Å². The second-order valence-electron chi connectivity index (χ2n) is 6.78. The third-order valence-electron chi connectivity index (χ3n) is 5.12. The van der Waals surface area contributed by atoms with Crippen LogP contribution in [0.25, 0.3) is 11.3 Å². The van der Waals surface area contributed by atoms with E-state index in [1.165, 1.54) is 0 Å². The van der Waals surface area contributed by atoms with Gasteiger partial charge in [-0.25, -0.2) is 5.10 Å². The van der Waals surface area contributed by atoms with Gasteiger partial charge in [0.2, 0.25) is 5.95 Å². The molecular weight excluding hydrogens is 422 g/mol. The van der Waals surface area contributed by atoms with E-state index in [4.69, 9.17) is 21.1 Å². The van der Waals surface area contributed by atoms with Crippen molar-refractivity contribution in [3.8, 4) is 22.8 Å². The van der Waals surface area contributed by atoms with Crippen molar-refractivity contribution in [2.75, 3.05) is 19.5 Å². The van der Waals surface area contributed by atoms with E-state index in [1.54, 1.807) is 43.2 Å². The first-order chi connectivity index (χ1) is 15.1. The number of nitrogens with zero attached hydrogens (tertiary/aromatic N) is 5. The highest BCUT2D eigenvalue weighted by molar-refractivity contribution is 6.30. The first-order valence-electron chi connectivity index (χ1n) is 9.26. The van der Waals surface area contributed by atoms with Crippen LogP contribution in [0.15, 0.2) is 47.3 Å². The summed E-state index contributed by atoms with van der Waals surface area (Å²) in [4.78, 5) is 12.8. The molecule has 0 bridgehead atoms. The molecule has 2 N–H and O–H groups in total. The predicted octanol–water partition coefficient (Wildman–Crippen LogP) is 2.79. The summed E-state index contributed by atoms with van der Waals surface area (Å²) in [6.07, 6.45) is 0. The molecule has 1 aliphatic rings. The number of methoxy groups -OCH3 is 2. The monoisotopic (exact) mass is 437 g/mol. The lowest BCUT2D eigenvalue weighted by Gasteiger charge is -2.28. The van der Waals surface area contributed by atoms with Crippen LogP contribution in [0.5, 0.6) is 11.5 Å². The van der Waals surface area contributed by atoms with Gasteiger partial charge in [-0.2, -0.15) is 9.78 Å². The fourth-order valence-corrected chi connectivity index (χ4v) is 3.83. The predicted molar refractivity (Wildman–Crippen MR) is 113 cm³/mol. The van der Waals surface area contributed by atoms with Gasteiger partial charge in [-0.15, -0.1) is 0 Å². The molecular formula is C20H16ClN7O3. The highest BCUT2D eigenvalue weighted by Crippen LogP contribution is 2.44. The molecule has 2 aromatic heterocycles. The second kappa shape index (κ2) is 7.40. The quantitative estimate of drug-likeness (QED) is 0.440. The molecule has 0 fully saturated rings. The zero-order chi connectivity index (χ0) is 21.5. The zero-order valence-corrected chi connectivity index (χ0v) is 17.2. The third kappa shape index (κ3) is 3.08. The summed E-state index contributed by atoms with van der Waals surface area (Å²) in [5, 5.41) is 22.5. The highest BCUT2D eigenvalue weighted by atomic mass is 35.5. The number of hydrogen-bond donors (Lipinski definition) is 2. The van der Waals surface area contributed by atoms with Crippen molar-refractivity contribution in [3.63, 3.8) is 0 Å². The minimum atomic E-state index is -0.605. The summed E-state index contributed by atoms with van der Waals surface area (Å²) in [7, 11) is 3.15. The molecule has 0 saturated carbocycles. The first kappa shape index (κ1) is 19.1. The van der Waals surface area contributed by atoms with Crippen molar-refractivity contribution >= 4 is 23.2 Å². The Morgan fingerprint density at radius 1 is 1.10 bits per heavy atom. The number of anilines is 2. The molecule has 11 heteroatoms. The van der Waals surface area contributed by atoms with Crippen molar-refractivity contribution < 1.29 is 9.47 Å². The number of rotatable bonds is 4. The summed E-state index contributed by atoms with van der Waals surface area (Å²) in [6.45, 7) is 0. The van der Waals surface area contributed by atoms with Gasteiger partial charge < -0.3 is 14.8 Å². The molecule has 3 heterocycles. The molecule has 0 spiro atoms. The fourth-order valence-electron chi connectivity index (χ4n) is 3.71. The Morgan fingerprint density at radius 3 is 2.65 bits per heavy atom. The lowest BCUT2D eigenvalue weighted by Crippen LogP contribution is -2.29. The smallest absolute Gasteiger partial charge is 0.288 e. The number of ether oxygens (including phenoxy) is 2. The largest absolute Gasteiger partial charge is 0.497 e. The number of aromatic amines is 1. The van der Waals surface area contributed by atoms with E-state index in [9.17, 15) is 4.79 Å². The van der Waals surface area contributed by atoms with Crippen LogP contribution in [-0.2, 0) is 0 Å². The van der Waals surface area contributed by atoms with Gasteiger partial charge in [-0.05, 0) is 40.8 Å². The first-order valence-corrected chi connectivity index (χ1v) is 9.64. The molecule has 2 aromatic carbocycles. The van der Waals surface area contributed by atoms with E-state index in [2.05, 4.69) is 31.0 Å². The van der Waals surface area contributed by atoms with Gasteiger partial charge in [0.15, 0.2) is 0 Å². The summed E-state index contributed by atoms with van der Waals surface area (Å²) < 4.78 is 12.6. The number of H-pyrrole nitrogens is 1. The summed E-state index contributed by atoms with van der Waals surface area (Å²) in [5.74, 6) is 1.53. The average molecular weight is 438 g/mol. The second-order valence-corrected chi connectivity index (χ2v) is 7.22. The van der Waals surface area contributed by atoms with Gasteiger partial charge in [0.05, 0.1) is 19.9 Å². The van der Waals surface area contributed by atoms with Gasteiger partial charge in [0.1, 0.15) is 23.2 Å². The van der Waals surface area contributed by atoms with Crippen LogP contribution in [0.3, 0.4) is 0 Å². The van der Waals surface area contributed by atoms with Gasteiger partial charge in [0, 0.05) is 21.7 Å². The summed E-state index contributed by atoms with van der Waals surface area (Å²) in [5.41, 5.74) is 2.53. The molecule has 0 radical (unpaired) electrons. The topological polar surface area (TPSA) is 120 Å². The SMILES string of the molecule is COc1ccc(OC)c([C@@H]2c3c(-c4ccc(Cl)cc4)n[nH]c(=O)c3Nc3nnnn32)c1. The van der Waals surface area contributed by atoms with E-state index in [0.717, 1.165) is 5.56 Å². The van der Waals surface area contributed by atoms with Crippen molar-refractivity contribution in [3.05, 3.63) is 69.0 Å². The van der Waals surface area contributed by atoms with Gasteiger partial charge in [-0.3, -0.25) is 4.79 Å². The van der Waals surface area contributed by atoms with E-state index in [1.807, 2.05) is 18.2 Å². The number of halogens is 1. The maximum absolute atomic E-state index is 12.8. The van der Waals surface area contributed by atoms with Crippen molar-refractivity contribution in [2.24, 2.45) is 0 Å². The van der Waals surface area contributed by atoms with Gasteiger partial charge >= 0.3 is 0 Å². The molecule has 0 amide bonds. The molecule has 0 unspecified atom stereocenters. The van der Waals surface area contributed by atoms with Crippen molar-refractivity contribution in [1.29, 1.82) is 0 Å². The molecule has 0 saturated heterocycles. The maximum Gasteiger partial charge on any atom is 0.288 e. The molecule has 156 valence electrons. The number of tetrazole rings is 1. The molecule has 31 heavy (non-hydrogen) atoms. The Bertz CT molecular complexity index is 1330. The third-order valence-corrected chi connectivity index (χ3v) is 5.37. The average Bonchev–Trinajstić information content (AvgIpc) is 3.27. The number of fused-ring (bicyclic) bond motifs is 2. The lowest BCUT2D eigenvalue weighted by molar-refractivity contribution is 0.392. The summed E-state index contributed by atoms with van der Waals surface area (Å²) >= 11 is 6.07. The summed E-state index contributed by atoms with van der Waals surface area (Å²) in [6, 6.07) is 12.0. The van der Waals surface area contributed by atoms with Crippen LogP contribution in [0.1, 0.15) is 17.2 Å². The van der Waals surface area contributed by atoms with Gasteiger partial charge in [0.25, 0.3) is 5.56 Å². The van der Waals surface area contributed by atoms with Crippen molar-refractivity contribution in [2.45, 2.75) is 6.04 Å². The number of benzene rings is 2. The molecule has 0 aliphatic carbocycles. The Kier molecular flexibility index (Phi) is 4.55. The lowest BCUT2D eigenvalue weighted by atomic mass is 9.92. The number of nitrogens with one attached hydrogen (secondary N) is 2. The fraction of sp³-hybridized carbons (Fsp3) is 0.150. The van der Waals surface area contributed by atoms with E-state index in [-0.39, 0.29) is 0 Å². The van der Waals surface area contributed by atoms with Crippen LogP contribution in [0.4, 0.5) is 11.6 Å². The van der Waals surface area contributed by atoms with E-state index >= 15 is 0 Å².